The van der Waals surface area contributed by atoms with E-state index in [0.29, 0.717) is 6.42 Å². The van der Waals surface area contributed by atoms with Crippen LogP contribution < -0.4 is 5.73 Å². The molecular weight excluding hydrogens is 146 g/mol. The largest absolute Gasteiger partial charge is 0.370 e. The van der Waals surface area contributed by atoms with Crippen LogP contribution in [0.5, 0.6) is 0 Å². The zero-order valence-electron chi connectivity index (χ0n) is 6.39. The molecule has 2 N–H and O–H groups in total. The van der Waals surface area contributed by atoms with Crippen molar-refractivity contribution in [3.63, 3.8) is 0 Å². The van der Waals surface area contributed by atoms with Crippen molar-refractivity contribution in [2.24, 2.45) is 11.7 Å². The zero-order chi connectivity index (χ0) is 8.15. The second-order valence-electron chi connectivity index (χ2n) is 2.39. The van der Waals surface area contributed by atoms with Crippen molar-refractivity contribution >= 4 is 23.0 Å². The first kappa shape index (κ1) is 9.56. The molecule has 0 heterocycles. The molecule has 3 heteroatoms. The van der Waals surface area contributed by atoms with Crippen molar-refractivity contribution in [2.75, 3.05) is 0 Å². The molecule has 10 heavy (non-hydrogen) atoms. The van der Waals surface area contributed by atoms with Gasteiger partial charge in [0.2, 0.25) is 5.91 Å². The minimum Gasteiger partial charge on any atom is -0.370 e. The summed E-state index contributed by atoms with van der Waals surface area (Å²) in [6.07, 6.45) is 1.30. The molecule has 0 spiro atoms. The maximum Gasteiger partial charge on any atom is 0.218 e. The number of carbonyl (C=O) groups is 1. The maximum absolute atomic E-state index is 10.4. The van der Waals surface area contributed by atoms with Crippen LogP contribution in [0.3, 0.4) is 0 Å². The molecule has 0 rings (SSSR count). The predicted octanol–water partition coefficient (Wildman–Crippen LogP) is 1.28. The van der Waals surface area contributed by atoms with Gasteiger partial charge in [0, 0.05) is 6.42 Å². The van der Waals surface area contributed by atoms with Crippen molar-refractivity contribution in [1.29, 1.82) is 0 Å². The van der Waals surface area contributed by atoms with E-state index in [9.17, 15) is 4.79 Å². The zero-order valence-corrected chi connectivity index (χ0v) is 7.20. The van der Waals surface area contributed by atoms with Crippen LogP contribution in [0.15, 0.2) is 0 Å². The average Bonchev–Trinajstić information content (AvgIpc) is 1.81. The molecule has 0 aliphatic carbocycles. The van der Waals surface area contributed by atoms with Gasteiger partial charge in [-0.3, -0.25) is 4.79 Å². The van der Waals surface area contributed by atoms with Gasteiger partial charge in [0.05, 0.1) is 0 Å². The minimum atomic E-state index is -0.268. The van der Waals surface area contributed by atoms with Crippen LogP contribution >= 0.6 is 12.2 Å². The Balaban J connectivity index is 3.83. The highest BCUT2D eigenvalue weighted by Crippen LogP contribution is 2.09. The summed E-state index contributed by atoms with van der Waals surface area (Å²) < 4.78 is 0. The van der Waals surface area contributed by atoms with Crippen molar-refractivity contribution in [1.82, 2.24) is 0 Å². The van der Waals surface area contributed by atoms with Crippen molar-refractivity contribution in [3.05, 3.63) is 0 Å². The van der Waals surface area contributed by atoms with E-state index in [1.165, 1.54) is 0 Å². The summed E-state index contributed by atoms with van der Waals surface area (Å²) in [7, 11) is 0. The molecule has 0 aromatic carbocycles. The number of primary amides is 1. The second kappa shape index (κ2) is 4.39. The number of amides is 1. The van der Waals surface area contributed by atoms with E-state index in [1.807, 2.05) is 13.8 Å². The summed E-state index contributed by atoms with van der Waals surface area (Å²) in [6, 6.07) is 0. The van der Waals surface area contributed by atoms with Crippen LogP contribution in [-0.4, -0.2) is 10.8 Å². The number of hydrogen-bond donors (Lipinski definition) is 1. The predicted molar refractivity (Wildman–Crippen MR) is 45.9 cm³/mol. The van der Waals surface area contributed by atoms with Crippen LogP contribution in [0.25, 0.3) is 0 Å². The lowest BCUT2D eigenvalue weighted by Gasteiger charge is -2.09. The Morgan fingerprint density at radius 3 is 2.30 bits per heavy atom. The van der Waals surface area contributed by atoms with Crippen molar-refractivity contribution in [2.45, 2.75) is 26.7 Å². The fourth-order valence-electron chi connectivity index (χ4n) is 0.818. The fourth-order valence-corrected chi connectivity index (χ4v) is 1.07. The summed E-state index contributed by atoms with van der Waals surface area (Å²) in [6.45, 7) is 3.86. The molecule has 0 bridgehead atoms. The first-order valence-corrected chi connectivity index (χ1v) is 3.77. The van der Waals surface area contributed by atoms with Gasteiger partial charge in [0.25, 0.3) is 0 Å². The van der Waals surface area contributed by atoms with Gasteiger partial charge in [-0.05, 0) is 24.1 Å². The molecule has 0 aliphatic rings. The van der Waals surface area contributed by atoms with E-state index in [1.54, 1.807) is 0 Å². The van der Waals surface area contributed by atoms with Crippen LogP contribution in [0.2, 0.25) is 0 Å². The van der Waals surface area contributed by atoms with Crippen LogP contribution in [-0.2, 0) is 4.79 Å². The molecule has 0 aromatic heterocycles. The van der Waals surface area contributed by atoms with E-state index in [4.69, 9.17) is 18.0 Å². The Hall–Kier alpha value is -0.440. The Kier molecular flexibility index (Phi) is 4.19. The topological polar surface area (TPSA) is 43.1 Å². The Bertz CT molecular complexity index is 145. The van der Waals surface area contributed by atoms with E-state index in [-0.39, 0.29) is 11.8 Å². The van der Waals surface area contributed by atoms with E-state index >= 15 is 0 Å². The number of rotatable bonds is 4. The summed E-state index contributed by atoms with van der Waals surface area (Å²) in [5, 5.41) is 0. The third-order valence-corrected chi connectivity index (χ3v) is 1.85. The molecule has 1 unspecified atom stereocenters. The molecule has 0 saturated heterocycles. The molecular formula is C7H13NOS. The lowest BCUT2D eigenvalue weighted by atomic mass is 9.99. The highest BCUT2D eigenvalue weighted by Gasteiger charge is 2.10. The summed E-state index contributed by atoms with van der Waals surface area (Å²) in [5.41, 5.74) is 5.01. The maximum atomic E-state index is 10.4. The lowest BCUT2D eigenvalue weighted by molar-refractivity contribution is -0.118. The third-order valence-electron chi connectivity index (χ3n) is 1.52. The molecule has 0 radical (unpaired) electrons. The standard InChI is InChI=1S/C7H13NOS/c1-3-6(5(2)10)4-7(8)9/h6H,3-4H2,1-2H3,(H2,8,9). The Morgan fingerprint density at radius 1 is 1.70 bits per heavy atom. The second-order valence-corrected chi connectivity index (χ2v) is 3.03. The monoisotopic (exact) mass is 159 g/mol. The molecule has 2 nitrogen and oxygen atoms in total. The van der Waals surface area contributed by atoms with Gasteiger partial charge in [0.15, 0.2) is 0 Å². The van der Waals surface area contributed by atoms with E-state index in [2.05, 4.69) is 0 Å². The highest BCUT2D eigenvalue weighted by atomic mass is 32.1. The van der Waals surface area contributed by atoms with E-state index in [0.717, 1.165) is 11.3 Å². The molecule has 1 atom stereocenters. The van der Waals surface area contributed by atoms with Crippen LogP contribution in [0, 0.1) is 5.92 Å². The normalized spacial score (nSPS) is 12.6. The molecule has 0 aliphatic heterocycles. The number of carbonyl (C=O) groups excluding carboxylic acids is 1. The molecule has 0 aromatic rings. The fraction of sp³-hybridized carbons (Fsp3) is 0.714. The molecule has 58 valence electrons. The van der Waals surface area contributed by atoms with Crippen molar-refractivity contribution < 1.29 is 4.79 Å². The minimum absolute atomic E-state index is 0.201. The van der Waals surface area contributed by atoms with Gasteiger partial charge in [-0.2, -0.15) is 0 Å². The van der Waals surface area contributed by atoms with Gasteiger partial charge >= 0.3 is 0 Å². The number of hydrogen-bond acceptors (Lipinski definition) is 2. The lowest BCUT2D eigenvalue weighted by Crippen LogP contribution is -2.19. The van der Waals surface area contributed by atoms with Gasteiger partial charge in [-0.1, -0.05) is 19.1 Å². The van der Waals surface area contributed by atoms with Crippen LogP contribution in [0.4, 0.5) is 0 Å². The number of nitrogens with two attached hydrogens (primary N) is 1. The quantitative estimate of drug-likeness (QED) is 0.628. The summed E-state index contributed by atoms with van der Waals surface area (Å²) in [4.78, 5) is 11.3. The molecule has 1 amide bonds. The third kappa shape index (κ3) is 3.56. The first-order valence-electron chi connectivity index (χ1n) is 3.36. The van der Waals surface area contributed by atoms with Gasteiger partial charge in [-0.25, -0.2) is 0 Å². The highest BCUT2D eigenvalue weighted by molar-refractivity contribution is 7.80. The van der Waals surface area contributed by atoms with Gasteiger partial charge in [-0.15, -0.1) is 0 Å². The average molecular weight is 159 g/mol. The molecule has 0 fully saturated rings. The van der Waals surface area contributed by atoms with Crippen molar-refractivity contribution in [3.8, 4) is 0 Å². The Labute approximate surface area is 66.8 Å². The Morgan fingerprint density at radius 2 is 2.20 bits per heavy atom. The summed E-state index contributed by atoms with van der Waals surface area (Å²) in [5.74, 6) is -0.0662. The van der Waals surface area contributed by atoms with Gasteiger partial charge < -0.3 is 5.73 Å². The van der Waals surface area contributed by atoms with Crippen LogP contribution in [0.1, 0.15) is 26.7 Å². The smallest absolute Gasteiger partial charge is 0.218 e. The molecule has 0 saturated carbocycles. The first-order chi connectivity index (χ1) is 4.57. The van der Waals surface area contributed by atoms with E-state index < -0.39 is 0 Å². The van der Waals surface area contributed by atoms with Gasteiger partial charge in [0.1, 0.15) is 0 Å². The SMILES string of the molecule is CCC(CC(N)=O)C(C)=S. The summed E-state index contributed by atoms with van der Waals surface area (Å²) >= 11 is 4.93. The number of thiocarbonyl (C=S) groups is 1.